The predicted octanol–water partition coefficient (Wildman–Crippen LogP) is 3.23. The zero-order chi connectivity index (χ0) is 9.73. The summed E-state index contributed by atoms with van der Waals surface area (Å²) in [5.41, 5.74) is 0.246. The summed E-state index contributed by atoms with van der Waals surface area (Å²) in [5, 5.41) is 5.59. The molecule has 0 amide bonds. The molecule has 1 aromatic rings. The second-order valence-corrected chi connectivity index (χ2v) is 6.30. The van der Waals surface area contributed by atoms with Crippen molar-refractivity contribution in [3.05, 3.63) is 17.5 Å². The van der Waals surface area contributed by atoms with Crippen LogP contribution in [0.4, 0.5) is 0 Å². The fourth-order valence-corrected chi connectivity index (χ4v) is 2.64. The Balaban J connectivity index is 2.09. The second kappa shape index (κ2) is 5.03. The monoisotopic (exact) mass is 215 g/mol. The molecule has 0 bridgehead atoms. The van der Waals surface area contributed by atoms with E-state index in [0.717, 1.165) is 12.3 Å². The number of thiophene rings is 1. The molecule has 0 aliphatic heterocycles. The summed E-state index contributed by atoms with van der Waals surface area (Å²) in [6.07, 6.45) is 0. The molecule has 0 aliphatic rings. The fourth-order valence-electron chi connectivity index (χ4n) is 0.923. The summed E-state index contributed by atoms with van der Waals surface area (Å²) in [6, 6.07) is 4.27. The topological polar surface area (TPSA) is 12.0 Å². The molecule has 0 aromatic carbocycles. The predicted molar refractivity (Wildman–Crippen MR) is 62.8 cm³/mol. The Hall–Kier alpha value is 0.01000. The van der Waals surface area contributed by atoms with E-state index in [9.17, 15) is 0 Å². The van der Waals surface area contributed by atoms with Crippen LogP contribution in [-0.4, -0.2) is 17.8 Å². The maximum absolute atomic E-state index is 3.47. The third-order valence-corrected chi connectivity index (χ3v) is 3.63. The van der Waals surface area contributed by atoms with Gasteiger partial charge in [0.15, 0.2) is 0 Å². The van der Waals surface area contributed by atoms with E-state index in [1.165, 1.54) is 4.21 Å². The summed E-state index contributed by atoms with van der Waals surface area (Å²) in [5.74, 6) is 1.15. The zero-order valence-corrected chi connectivity index (χ0v) is 10.1. The van der Waals surface area contributed by atoms with Crippen LogP contribution in [0.1, 0.15) is 20.8 Å². The highest BCUT2D eigenvalue weighted by molar-refractivity contribution is 8.01. The highest BCUT2D eigenvalue weighted by atomic mass is 32.2. The van der Waals surface area contributed by atoms with Gasteiger partial charge in [-0.3, -0.25) is 0 Å². The molecule has 13 heavy (non-hydrogen) atoms. The van der Waals surface area contributed by atoms with Gasteiger partial charge < -0.3 is 5.32 Å². The maximum Gasteiger partial charge on any atom is 0.0598 e. The van der Waals surface area contributed by atoms with Crippen LogP contribution in [0.3, 0.4) is 0 Å². The van der Waals surface area contributed by atoms with Gasteiger partial charge in [-0.15, -0.1) is 23.1 Å². The SMILES string of the molecule is CC(C)(C)NCCSc1cccs1. The van der Waals surface area contributed by atoms with Crippen LogP contribution < -0.4 is 5.32 Å². The van der Waals surface area contributed by atoms with Gasteiger partial charge in [-0.2, -0.15) is 0 Å². The van der Waals surface area contributed by atoms with Gasteiger partial charge in [0.05, 0.1) is 4.21 Å². The number of rotatable bonds is 4. The summed E-state index contributed by atoms with van der Waals surface area (Å²) >= 11 is 3.74. The Kier molecular flexibility index (Phi) is 4.29. The number of hydrogen-bond donors (Lipinski definition) is 1. The summed E-state index contributed by atoms with van der Waals surface area (Å²) in [6.45, 7) is 7.67. The molecule has 0 unspecified atom stereocenters. The van der Waals surface area contributed by atoms with Crippen molar-refractivity contribution in [3.8, 4) is 0 Å². The molecule has 0 atom stereocenters. The van der Waals surface area contributed by atoms with Crippen LogP contribution in [0.5, 0.6) is 0 Å². The van der Waals surface area contributed by atoms with Crippen molar-refractivity contribution in [2.75, 3.05) is 12.3 Å². The van der Waals surface area contributed by atoms with E-state index < -0.39 is 0 Å². The first-order valence-electron chi connectivity index (χ1n) is 4.49. The van der Waals surface area contributed by atoms with Crippen molar-refractivity contribution in [3.63, 3.8) is 0 Å². The number of thioether (sulfide) groups is 1. The van der Waals surface area contributed by atoms with Crippen LogP contribution in [-0.2, 0) is 0 Å². The van der Waals surface area contributed by atoms with E-state index in [-0.39, 0.29) is 5.54 Å². The molecule has 1 nitrogen and oxygen atoms in total. The average Bonchev–Trinajstić information content (AvgIpc) is 2.48. The van der Waals surface area contributed by atoms with Crippen molar-refractivity contribution >= 4 is 23.1 Å². The minimum absolute atomic E-state index is 0.246. The molecule has 0 saturated heterocycles. The van der Waals surface area contributed by atoms with Gasteiger partial charge in [0.2, 0.25) is 0 Å². The van der Waals surface area contributed by atoms with Crippen molar-refractivity contribution < 1.29 is 0 Å². The Labute approximate surface area is 88.9 Å². The first-order chi connectivity index (χ1) is 6.08. The molecule has 0 radical (unpaired) electrons. The molecule has 1 heterocycles. The minimum atomic E-state index is 0.246. The quantitative estimate of drug-likeness (QED) is 0.611. The highest BCUT2D eigenvalue weighted by Crippen LogP contribution is 2.22. The Bertz CT molecular complexity index is 224. The lowest BCUT2D eigenvalue weighted by Gasteiger charge is -2.19. The van der Waals surface area contributed by atoms with Crippen LogP contribution >= 0.6 is 23.1 Å². The van der Waals surface area contributed by atoms with E-state index >= 15 is 0 Å². The first-order valence-corrected chi connectivity index (χ1v) is 6.36. The largest absolute Gasteiger partial charge is 0.311 e. The Morgan fingerprint density at radius 1 is 1.46 bits per heavy atom. The molecule has 3 heteroatoms. The first kappa shape index (κ1) is 11.1. The summed E-state index contributed by atoms with van der Waals surface area (Å²) < 4.78 is 1.41. The molecule has 1 N–H and O–H groups in total. The van der Waals surface area contributed by atoms with E-state index in [4.69, 9.17) is 0 Å². The van der Waals surface area contributed by atoms with Gasteiger partial charge in [0, 0.05) is 17.8 Å². The molecule has 0 aliphatic carbocycles. The van der Waals surface area contributed by atoms with E-state index in [2.05, 4.69) is 43.6 Å². The number of nitrogens with one attached hydrogen (secondary N) is 1. The highest BCUT2D eigenvalue weighted by Gasteiger charge is 2.07. The molecular weight excluding hydrogens is 198 g/mol. The molecular formula is C10H17NS2. The zero-order valence-electron chi connectivity index (χ0n) is 8.46. The lowest BCUT2D eigenvalue weighted by atomic mass is 10.1. The van der Waals surface area contributed by atoms with Gasteiger partial charge >= 0.3 is 0 Å². The average molecular weight is 215 g/mol. The van der Waals surface area contributed by atoms with Crippen molar-refractivity contribution in [1.82, 2.24) is 5.32 Å². The molecule has 74 valence electrons. The molecule has 0 fully saturated rings. The lowest BCUT2D eigenvalue weighted by Crippen LogP contribution is -2.37. The van der Waals surface area contributed by atoms with Crippen LogP contribution in [0.15, 0.2) is 21.7 Å². The standard InChI is InChI=1S/C10H17NS2/c1-10(2,3)11-6-8-13-9-5-4-7-12-9/h4-5,7,11H,6,8H2,1-3H3. The molecule has 1 aromatic heterocycles. The van der Waals surface area contributed by atoms with E-state index in [1.807, 2.05) is 23.1 Å². The van der Waals surface area contributed by atoms with Gasteiger partial charge in [-0.05, 0) is 32.2 Å². The molecule has 1 rings (SSSR count). The van der Waals surface area contributed by atoms with Gasteiger partial charge in [0.25, 0.3) is 0 Å². The Morgan fingerprint density at radius 3 is 2.77 bits per heavy atom. The second-order valence-electron chi connectivity index (χ2n) is 3.96. The molecule has 0 saturated carbocycles. The third-order valence-electron chi connectivity index (χ3n) is 1.50. The van der Waals surface area contributed by atoms with Gasteiger partial charge in [0.1, 0.15) is 0 Å². The number of hydrogen-bond acceptors (Lipinski definition) is 3. The van der Waals surface area contributed by atoms with Gasteiger partial charge in [-0.25, -0.2) is 0 Å². The smallest absolute Gasteiger partial charge is 0.0598 e. The summed E-state index contributed by atoms with van der Waals surface area (Å²) in [7, 11) is 0. The summed E-state index contributed by atoms with van der Waals surface area (Å²) in [4.78, 5) is 0. The van der Waals surface area contributed by atoms with Crippen LogP contribution in [0, 0.1) is 0 Å². The van der Waals surface area contributed by atoms with Crippen LogP contribution in [0.2, 0.25) is 0 Å². The van der Waals surface area contributed by atoms with Crippen molar-refractivity contribution in [1.29, 1.82) is 0 Å². The molecule has 0 spiro atoms. The fraction of sp³-hybridized carbons (Fsp3) is 0.600. The van der Waals surface area contributed by atoms with Crippen molar-refractivity contribution in [2.45, 2.75) is 30.5 Å². The minimum Gasteiger partial charge on any atom is -0.311 e. The van der Waals surface area contributed by atoms with E-state index in [1.54, 1.807) is 0 Å². The Morgan fingerprint density at radius 2 is 2.23 bits per heavy atom. The van der Waals surface area contributed by atoms with Crippen molar-refractivity contribution in [2.24, 2.45) is 0 Å². The lowest BCUT2D eigenvalue weighted by molar-refractivity contribution is 0.441. The maximum atomic E-state index is 3.47. The normalized spacial score (nSPS) is 11.9. The van der Waals surface area contributed by atoms with E-state index in [0.29, 0.717) is 0 Å². The third kappa shape index (κ3) is 5.34. The van der Waals surface area contributed by atoms with Gasteiger partial charge in [-0.1, -0.05) is 6.07 Å². The van der Waals surface area contributed by atoms with Crippen LogP contribution in [0.25, 0.3) is 0 Å².